The molecule has 0 N–H and O–H groups in total. The van der Waals surface area contributed by atoms with E-state index in [2.05, 4.69) is 44.8 Å². The smallest absolute Gasteiger partial charge is 0.242 e. The highest BCUT2D eigenvalue weighted by Gasteiger charge is 2.58. The van der Waals surface area contributed by atoms with Crippen LogP contribution < -0.4 is 14.4 Å². The van der Waals surface area contributed by atoms with Crippen LogP contribution >= 0.6 is 0 Å². The second kappa shape index (κ2) is 6.60. The number of hydrogen-bond acceptors (Lipinski definition) is 4. The van der Waals surface area contributed by atoms with Crippen molar-refractivity contribution in [3.05, 3.63) is 83.2 Å². The molecule has 1 unspecified atom stereocenters. The molecule has 4 heterocycles. The number of nitrogens with zero attached hydrogens (tertiary/aromatic N) is 2. The molecule has 168 valence electrons. The molecule has 0 saturated carbocycles. The molecule has 0 radical (unpaired) electrons. The summed E-state index contributed by atoms with van der Waals surface area (Å²) >= 11 is 0. The zero-order chi connectivity index (χ0) is 23.0. The zero-order valence-electron chi connectivity index (χ0n) is 19.5. The average Bonchev–Trinajstić information content (AvgIpc) is 3.18. The highest BCUT2D eigenvalue weighted by Crippen LogP contribution is 2.57. The third-order valence-corrected chi connectivity index (χ3v) is 7.01. The number of carbonyl (C=O) groups excluding carboxylic acids is 1. The van der Waals surface area contributed by atoms with Gasteiger partial charge < -0.3 is 14.4 Å². The monoisotopic (exact) mass is 440 g/mol. The number of hydrogen-bond donors (Lipinski definition) is 0. The Balaban J connectivity index is 1.56. The Bertz CT molecular complexity index is 1280. The molecule has 1 atom stereocenters. The van der Waals surface area contributed by atoms with Crippen LogP contribution in [0.4, 0.5) is 5.69 Å². The van der Waals surface area contributed by atoms with E-state index in [9.17, 15) is 4.79 Å². The highest BCUT2D eigenvalue weighted by atomic mass is 16.5. The van der Waals surface area contributed by atoms with Crippen LogP contribution in [-0.2, 0) is 23.2 Å². The van der Waals surface area contributed by atoms with Crippen molar-refractivity contribution >= 4 is 11.6 Å². The molecule has 0 fully saturated rings. The summed E-state index contributed by atoms with van der Waals surface area (Å²) < 4.78 is 12.6. The third kappa shape index (κ3) is 2.98. The van der Waals surface area contributed by atoms with Gasteiger partial charge in [-0.3, -0.25) is 9.78 Å². The molecule has 3 aliphatic heterocycles. The van der Waals surface area contributed by atoms with E-state index in [-0.39, 0.29) is 11.5 Å². The number of anilines is 1. The minimum Gasteiger partial charge on any atom is -0.487 e. The van der Waals surface area contributed by atoms with Gasteiger partial charge >= 0.3 is 0 Å². The summed E-state index contributed by atoms with van der Waals surface area (Å²) in [6.45, 7) is 8.75. The quantitative estimate of drug-likeness (QED) is 0.550. The van der Waals surface area contributed by atoms with Crippen LogP contribution in [0.1, 0.15) is 56.5 Å². The predicted molar refractivity (Wildman–Crippen MR) is 127 cm³/mol. The molecule has 1 aromatic heterocycles. The molecule has 6 rings (SSSR count). The lowest BCUT2D eigenvalue weighted by Crippen LogP contribution is -2.50. The van der Waals surface area contributed by atoms with Gasteiger partial charge in [0.15, 0.2) is 0 Å². The first-order valence-corrected chi connectivity index (χ1v) is 11.6. The summed E-state index contributed by atoms with van der Waals surface area (Å²) in [5.74, 6) is 1.69. The lowest BCUT2D eigenvalue weighted by molar-refractivity contribution is -0.124. The van der Waals surface area contributed by atoms with Gasteiger partial charge in [-0.05, 0) is 63.1 Å². The number of pyridine rings is 1. The second-order valence-corrected chi connectivity index (χ2v) is 10.7. The Labute approximate surface area is 194 Å². The van der Waals surface area contributed by atoms with Gasteiger partial charge in [0.05, 0.1) is 12.2 Å². The van der Waals surface area contributed by atoms with Crippen LogP contribution in [0.25, 0.3) is 0 Å². The van der Waals surface area contributed by atoms with E-state index in [4.69, 9.17) is 9.47 Å². The molecule has 33 heavy (non-hydrogen) atoms. The molecule has 3 aromatic rings. The Morgan fingerprint density at radius 1 is 0.909 bits per heavy atom. The van der Waals surface area contributed by atoms with E-state index in [1.54, 1.807) is 6.20 Å². The van der Waals surface area contributed by atoms with Gasteiger partial charge in [0.1, 0.15) is 28.1 Å². The first-order chi connectivity index (χ1) is 15.7. The van der Waals surface area contributed by atoms with Crippen molar-refractivity contribution < 1.29 is 14.3 Å². The Hall–Kier alpha value is -3.34. The fourth-order valence-electron chi connectivity index (χ4n) is 5.88. The Kier molecular flexibility index (Phi) is 4.05. The maximum Gasteiger partial charge on any atom is 0.242 e. The molecule has 0 aliphatic carbocycles. The van der Waals surface area contributed by atoms with E-state index in [0.717, 1.165) is 46.0 Å². The van der Waals surface area contributed by atoms with Gasteiger partial charge in [0, 0.05) is 36.4 Å². The molecular weight excluding hydrogens is 412 g/mol. The highest BCUT2D eigenvalue weighted by molar-refractivity contribution is 6.11. The normalized spacial score (nSPS) is 23.5. The molecule has 0 saturated heterocycles. The number of carbonyl (C=O) groups is 1. The van der Waals surface area contributed by atoms with Crippen LogP contribution in [0, 0.1) is 0 Å². The van der Waals surface area contributed by atoms with Crippen LogP contribution in [0.5, 0.6) is 11.5 Å². The number of aromatic nitrogens is 1. The van der Waals surface area contributed by atoms with E-state index < -0.39 is 11.0 Å². The maximum absolute atomic E-state index is 14.4. The summed E-state index contributed by atoms with van der Waals surface area (Å²) in [5, 5.41) is 0. The van der Waals surface area contributed by atoms with Gasteiger partial charge in [-0.1, -0.05) is 24.3 Å². The first kappa shape index (κ1) is 20.3. The average molecular weight is 441 g/mol. The van der Waals surface area contributed by atoms with Gasteiger partial charge in [-0.15, -0.1) is 0 Å². The van der Waals surface area contributed by atoms with Crippen LogP contribution in [0.3, 0.4) is 0 Å². The molecule has 2 aromatic carbocycles. The molecular formula is C28H28N2O3. The first-order valence-electron chi connectivity index (χ1n) is 11.6. The summed E-state index contributed by atoms with van der Waals surface area (Å²) in [7, 11) is 0. The summed E-state index contributed by atoms with van der Waals surface area (Å²) in [5.41, 5.74) is 3.36. The van der Waals surface area contributed by atoms with Gasteiger partial charge in [0.2, 0.25) is 5.91 Å². The van der Waals surface area contributed by atoms with Gasteiger partial charge in [-0.25, -0.2) is 0 Å². The van der Waals surface area contributed by atoms with Crippen LogP contribution in [-0.4, -0.2) is 22.1 Å². The van der Waals surface area contributed by atoms with Crippen LogP contribution in [0.2, 0.25) is 0 Å². The van der Waals surface area contributed by atoms with Crippen molar-refractivity contribution in [2.45, 2.75) is 63.7 Å². The topological polar surface area (TPSA) is 51.7 Å². The number of amides is 1. The van der Waals surface area contributed by atoms with Gasteiger partial charge in [-0.2, -0.15) is 0 Å². The van der Waals surface area contributed by atoms with E-state index >= 15 is 0 Å². The van der Waals surface area contributed by atoms with Crippen molar-refractivity contribution in [1.29, 1.82) is 0 Å². The van der Waals surface area contributed by atoms with Crippen molar-refractivity contribution in [2.24, 2.45) is 0 Å². The number of fused-ring (bicyclic) bond motifs is 5. The number of benzene rings is 2. The Morgan fingerprint density at radius 2 is 1.67 bits per heavy atom. The lowest BCUT2D eigenvalue weighted by Gasteiger charge is -2.43. The minimum atomic E-state index is -0.801. The fraction of sp³-hybridized carbons (Fsp3) is 0.357. The van der Waals surface area contributed by atoms with Gasteiger partial charge in [0.25, 0.3) is 0 Å². The van der Waals surface area contributed by atoms with Crippen LogP contribution in [0.15, 0.2) is 60.8 Å². The largest absolute Gasteiger partial charge is 0.487 e. The summed E-state index contributed by atoms with van der Waals surface area (Å²) in [6.07, 6.45) is 3.16. The van der Waals surface area contributed by atoms with Crippen molar-refractivity contribution in [2.75, 3.05) is 4.90 Å². The molecule has 5 heteroatoms. The van der Waals surface area contributed by atoms with Crippen molar-refractivity contribution in [3.63, 3.8) is 0 Å². The summed E-state index contributed by atoms with van der Waals surface area (Å²) in [6, 6.07) is 18.2. The number of ether oxygens (including phenoxy) is 2. The molecule has 5 nitrogen and oxygen atoms in total. The zero-order valence-corrected chi connectivity index (χ0v) is 19.5. The Morgan fingerprint density at radius 3 is 2.45 bits per heavy atom. The molecule has 3 aliphatic rings. The van der Waals surface area contributed by atoms with Crippen molar-refractivity contribution in [1.82, 2.24) is 4.98 Å². The molecule has 1 amide bonds. The SMILES string of the molecule is CC1(C)Cc2cc3c(cc2O1)OC(C)(C)CC31C(=O)N(Cc2ccccn2)c2ccccc21. The predicted octanol–water partition coefficient (Wildman–Crippen LogP) is 5.19. The molecule has 1 spiro atoms. The fourth-order valence-corrected chi connectivity index (χ4v) is 5.88. The van der Waals surface area contributed by atoms with E-state index in [0.29, 0.717) is 13.0 Å². The maximum atomic E-state index is 14.4. The van der Waals surface area contributed by atoms with Crippen molar-refractivity contribution in [3.8, 4) is 11.5 Å². The third-order valence-electron chi connectivity index (χ3n) is 7.01. The lowest BCUT2D eigenvalue weighted by atomic mass is 9.66. The van der Waals surface area contributed by atoms with E-state index in [1.807, 2.05) is 47.4 Å². The standard InChI is InChI=1S/C28H28N2O3/c1-26(2)15-18-13-21-24(14-23(18)32-26)33-27(3,4)17-28(21)20-10-5-6-11-22(20)30(25(28)31)16-19-9-7-8-12-29-19/h5-14H,15-17H2,1-4H3. The minimum absolute atomic E-state index is 0.0881. The second-order valence-electron chi connectivity index (χ2n) is 10.7. The van der Waals surface area contributed by atoms with E-state index in [1.165, 1.54) is 0 Å². The summed E-state index contributed by atoms with van der Waals surface area (Å²) in [4.78, 5) is 20.8. The molecule has 0 bridgehead atoms. The number of rotatable bonds is 2. The number of para-hydroxylation sites is 1.